The Hall–Kier alpha value is -2.39. The quantitative estimate of drug-likeness (QED) is 0.671. The number of carbonyl (C=O) groups is 1. The molecule has 1 aromatic heterocycles. The molecule has 0 fully saturated rings. The molecule has 0 bridgehead atoms. The van der Waals surface area contributed by atoms with Crippen LogP contribution in [-0.4, -0.2) is 17.9 Å². The first-order valence-corrected chi connectivity index (χ1v) is 8.56. The molecule has 2 aromatic carbocycles. The SMILES string of the molecule is CN(Cc1ccsc1)C(=O)Cc1ccc(-c2ccccc2)cc1. The summed E-state index contributed by atoms with van der Waals surface area (Å²) < 4.78 is 0. The number of rotatable bonds is 5. The first kappa shape index (κ1) is 15.5. The molecule has 0 aliphatic rings. The van der Waals surface area contributed by atoms with E-state index in [2.05, 4.69) is 35.7 Å². The molecule has 0 spiro atoms. The lowest BCUT2D eigenvalue weighted by molar-refractivity contribution is -0.129. The third kappa shape index (κ3) is 4.08. The number of benzene rings is 2. The third-order valence-electron chi connectivity index (χ3n) is 3.84. The summed E-state index contributed by atoms with van der Waals surface area (Å²) >= 11 is 1.66. The summed E-state index contributed by atoms with van der Waals surface area (Å²) in [5.41, 5.74) is 4.60. The summed E-state index contributed by atoms with van der Waals surface area (Å²) in [5, 5.41) is 4.12. The van der Waals surface area contributed by atoms with Gasteiger partial charge in [-0.05, 0) is 39.1 Å². The molecule has 3 aromatic rings. The van der Waals surface area contributed by atoms with Crippen molar-refractivity contribution in [3.8, 4) is 11.1 Å². The zero-order chi connectivity index (χ0) is 16.1. The van der Waals surface area contributed by atoms with Crippen molar-refractivity contribution in [2.75, 3.05) is 7.05 Å². The van der Waals surface area contributed by atoms with Crippen LogP contribution in [0.1, 0.15) is 11.1 Å². The van der Waals surface area contributed by atoms with E-state index in [0.717, 1.165) is 5.56 Å². The van der Waals surface area contributed by atoms with Crippen LogP contribution in [0.2, 0.25) is 0 Å². The van der Waals surface area contributed by atoms with Gasteiger partial charge in [0.05, 0.1) is 6.42 Å². The van der Waals surface area contributed by atoms with Gasteiger partial charge in [-0.2, -0.15) is 11.3 Å². The van der Waals surface area contributed by atoms with Crippen LogP contribution in [0.5, 0.6) is 0 Å². The smallest absolute Gasteiger partial charge is 0.227 e. The van der Waals surface area contributed by atoms with Crippen molar-refractivity contribution in [3.63, 3.8) is 0 Å². The van der Waals surface area contributed by atoms with Crippen molar-refractivity contribution < 1.29 is 4.79 Å². The van der Waals surface area contributed by atoms with E-state index in [9.17, 15) is 4.79 Å². The van der Waals surface area contributed by atoms with Gasteiger partial charge < -0.3 is 4.90 Å². The Morgan fingerprint density at radius 1 is 0.913 bits per heavy atom. The Kier molecular flexibility index (Phi) is 4.89. The van der Waals surface area contributed by atoms with Crippen LogP contribution in [0.15, 0.2) is 71.4 Å². The van der Waals surface area contributed by atoms with Crippen LogP contribution < -0.4 is 0 Å². The van der Waals surface area contributed by atoms with Gasteiger partial charge >= 0.3 is 0 Å². The van der Waals surface area contributed by atoms with Crippen molar-refractivity contribution in [2.24, 2.45) is 0 Å². The summed E-state index contributed by atoms with van der Waals surface area (Å²) in [6.07, 6.45) is 0.440. The molecule has 116 valence electrons. The summed E-state index contributed by atoms with van der Waals surface area (Å²) in [4.78, 5) is 14.1. The Balaban J connectivity index is 1.62. The average Bonchev–Trinajstić information content (AvgIpc) is 3.09. The number of hydrogen-bond donors (Lipinski definition) is 0. The van der Waals surface area contributed by atoms with Crippen LogP contribution in [0.4, 0.5) is 0 Å². The van der Waals surface area contributed by atoms with Crippen molar-refractivity contribution >= 4 is 17.2 Å². The molecule has 0 aliphatic carbocycles. The van der Waals surface area contributed by atoms with Gasteiger partial charge in [0.1, 0.15) is 0 Å². The molecule has 1 amide bonds. The maximum absolute atomic E-state index is 12.3. The Bertz CT molecular complexity index is 748. The highest BCUT2D eigenvalue weighted by Gasteiger charge is 2.10. The van der Waals surface area contributed by atoms with Gasteiger partial charge in [-0.3, -0.25) is 4.79 Å². The van der Waals surface area contributed by atoms with Gasteiger partial charge in [-0.1, -0.05) is 54.6 Å². The molecule has 0 N–H and O–H groups in total. The number of hydrogen-bond acceptors (Lipinski definition) is 2. The number of thiophene rings is 1. The highest BCUT2D eigenvalue weighted by atomic mass is 32.1. The Morgan fingerprint density at radius 3 is 2.26 bits per heavy atom. The minimum absolute atomic E-state index is 0.142. The molecule has 1 heterocycles. The summed E-state index contributed by atoms with van der Waals surface area (Å²) in [5.74, 6) is 0.142. The minimum Gasteiger partial charge on any atom is -0.341 e. The summed E-state index contributed by atoms with van der Waals surface area (Å²) in [6, 6.07) is 20.6. The van der Waals surface area contributed by atoms with Gasteiger partial charge in [0, 0.05) is 13.6 Å². The van der Waals surface area contributed by atoms with Crippen molar-refractivity contribution in [2.45, 2.75) is 13.0 Å². The highest BCUT2D eigenvalue weighted by Crippen LogP contribution is 2.19. The van der Waals surface area contributed by atoms with Crippen LogP contribution >= 0.6 is 11.3 Å². The lowest BCUT2D eigenvalue weighted by atomic mass is 10.0. The zero-order valence-electron chi connectivity index (χ0n) is 13.1. The number of carbonyl (C=O) groups excluding carboxylic acids is 1. The lowest BCUT2D eigenvalue weighted by Crippen LogP contribution is -2.27. The Morgan fingerprint density at radius 2 is 1.61 bits per heavy atom. The normalized spacial score (nSPS) is 10.5. The van der Waals surface area contributed by atoms with E-state index in [0.29, 0.717) is 13.0 Å². The van der Waals surface area contributed by atoms with Crippen LogP contribution in [-0.2, 0) is 17.8 Å². The molecule has 0 saturated carbocycles. The van der Waals surface area contributed by atoms with Crippen molar-refractivity contribution in [1.29, 1.82) is 0 Å². The molecule has 0 atom stereocenters. The lowest BCUT2D eigenvalue weighted by Gasteiger charge is -2.16. The van der Waals surface area contributed by atoms with E-state index in [1.54, 1.807) is 16.2 Å². The molecule has 23 heavy (non-hydrogen) atoms. The second kappa shape index (κ2) is 7.25. The fourth-order valence-electron chi connectivity index (χ4n) is 2.50. The topological polar surface area (TPSA) is 20.3 Å². The maximum Gasteiger partial charge on any atom is 0.227 e. The molecular formula is C20H19NOS. The second-order valence-corrected chi connectivity index (χ2v) is 6.40. The molecule has 0 radical (unpaired) electrons. The molecule has 3 heteroatoms. The van der Waals surface area contributed by atoms with E-state index in [4.69, 9.17) is 0 Å². The van der Waals surface area contributed by atoms with Crippen molar-refractivity contribution in [3.05, 3.63) is 82.6 Å². The van der Waals surface area contributed by atoms with Crippen LogP contribution in [0.3, 0.4) is 0 Å². The zero-order valence-corrected chi connectivity index (χ0v) is 13.9. The average molecular weight is 321 g/mol. The summed E-state index contributed by atoms with van der Waals surface area (Å²) in [6.45, 7) is 0.671. The first-order valence-electron chi connectivity index (χ1n) is 7.62. The third-order valence-corrected chi connectivity index (χ3v) is 4.57. The number of nitrogens with zero attached hydrogens (tertiary/aromatic N) is 1. The van der Waals surface area contributed by atoms with Gasteiger partial charge in [0.25, 0.3) is 0 Å². The predicted molar refractivity (Wildman–Crippen MR) is 96.4 cm³/mol. The molecule has 3 rings (SSSR count). The monoisotopic (exact) mass is 321 g/mol. The van der Waals surface area contributed by atoms with Crippen molar-refractivity contribution in [1.82, 2.24) is 4.90 Å². The van der Waals surface area contributed by atoms with Gasteiger partial charge in [-0.15, -0.1) is 0 Å². The van der Waals surface area contributed by atoms with Gasteiger partial charge in [-0.25, -0.2) is 0 Å². The maximum atomic E-state index is 12.3. The fourth-order valence-corrected chi connectivity index (χ4v) is 3.16. The number of likely N-dealkylation sites (N-methyl/N-ethyl adjacent to an activating group) is 1. The van der Waals surface area contributed by atoms with E-state index in [1.807, 2.05) is 42.8 Å². The molecule has 0 unspecified atom stereocenters. The fraction of sp³-hybridized carbons (Fsp3) is 0.150. The number of amides is 1. The first-order chi connectivity index (χ1) is 11.2. The van der Waals surface area contributed by atoms with Gasteiger partial charge in [0.15, 0.2) is 0 Å². The molecule has 2 nitrogen and oxygen atoms in total. The van der Waals surface area contributed by atoms with Gasteiger partial charge in [0.2, 0.25) is 5.91 Å². The molecular weight excluding hydrogens is 302 g/mol. The van der Waals surface area contributed by atoms with E-state index in [1.165, 1.54) is 16.7 Å². The van der Waals surface area contributed by atoms with E-state index < -0.39 is 0 Å². The largest absolute Gasteiger partial charge is 0.341 e. The second-order valence-electron chi connectivity index (χ2n) is 5.62. The van der Waals surface area contributed by atoms with E-state index in [-0.39, 0.29) is 5.91 Å². The predicted octanol–water partition coefficient (Wildman–Crippen LogP) is 4.62. The van der Waals surface area contributed by atoms with Crippen LogP contribution in [0.25, 0.3) is 11.1 Å². The summed E-state index contributed by atoms with van der Waals surface area (Å²) in [7, 11) is 1.86. The van der Waals surface area contributed by atoms with E-state index >= 15 is 0 Å². The minimum atomic E-state index is 0.142. The highest BCUT2D eigenvalue weighted by molar-refractivity contribution is 7.07. The molecule has 0 saturated heterocycles. The Labute approximate surface area is 141 Å². The molecule has 0 aliphatic heterocycles. The van der Waals surface area contributed by atoms with Crippen LogP contribution in [0, 0.1) is 0 Å². The standard InChI is InChI=1S/C20H19NOS/c1-21(14-17-11-12-23-15-17)20(22)13-16-7-9-19(10-8-16)18-5-3-2-4-6-18/h2-12,15H,13-14H2,1H3.